The standard InChI is InChI=1S/C31H35N3O/c32-21-24-11-15-25-14-9-22(10-16-26(25)20-24)4-1-5-23-12-17-27(18-13-23)34-31(35)29-6-2-8-30-28(29)7-3-19-33-30/h2-3,6-8,11,15,19-20,22-23,27H,1,4-5,9-10,12-14,16-18H2,(H,34,35). The van der Waals surface area contributed by atoms with Gasteiger partial charge in [0.15, 0.2) is 0 Å². The van der Waals surface area contributed by atoms with Crippen molar-refractivity contribution in [1.29, 1.82) is 5.26 Å². The Morgan fingerprint density at radius 2 is 1.69 bits per heavy atom. The summed E-state index contributed by atoms with van der Waals surface area (Å²) in [4.78, 5) is 17.3. The molecule has 1 amide bonds. The van der Waals surface area contributed by atoms with Crippen molar-refractivity contribution < 1.29 is 4.79 Å². The number of carbonyl (C=O) groups is 1. The summed E-state index contributed by atoms with van der Waals surface area (Å²) in [5, 5.41) is 13.4. The van der Waals surface area contributed by atoms with Gasteiger partial charge in [-0.2, -0.15) is 5.26 Å². The van der Waals surface area contributed by atoms with Crippen molar-refractivity contribution in [3.8, 4) is 6.07 Å². The van der Waals surface area contributed by atoms with Gasteiger partial charge in [0, 0.05) is 23.2 Å². The monoisotopic (exact) mass is 465 g/mol. The topological polar surface area (TPSA) is 65.8 Å². The molecule has 1 fully saturated rings. The second-order valence-electron chi connectivity index (χ2n) is 10.5. The first-order chi connectivity index (χ1) is 17.2. The van der Waals surface area contributed by atoms with Gasteiger partial charge in [0.1, 0.15) is 0 Å². The Bertz CT molecular complexity index is 1210. The van der Waals surface area contributed by atoms with Crippen LogP contribution in [-0.4, -0.2) is 16.9 Å². The number of carbonyl (C=O) groups excluding carboxylic acids is 1. The summed E-state index contributed by atoms with van der Waals surface area (Å²) in [6.45, 7) is 0. The summed E-state index contributed by atoms with van der Waals surface area (Å²) >= 11 is 0. The number of nitriles is 1. The van der Waals surface area contributed by atoms with Crippen molar-refractivity contribution >= 4 is 16.8 Å². The van der Waals surface area contributed by atoms with Crippen LogP contribution in [0, 0.1) is 23.2 Å². The lowest BCUT2D eigenvalue weighted by molar-refractivity contribution is 0.0922. The lowest BCUT2D eigenvalue weighted by atomic mass is 9.82. The predicted octanol–water partition coefficient (Wildman–Crippen LogP) is 6.76. The van der Waals surface area contributed by atoms with E-state index in [-0.39, 0.29) is 11.9 Å². The molecule has 180 valence electrons. The molecule has 35 heavy (non-hydrogen) atoms. The lowest BCUT2D eigenvalue weighted by Crippen LogP contribution is -2.37. The summed E-state index contributed by atoms with van der Waals surface area (Å²) in [6.07, 6.45) is 15.1. The minimum Gasteiger partial charge on any atom is -0.349 e. The number of hydrogen-bond acceptors (Lipinski definition) is 3. The van der Waals surface area contributed by atoms with Crippen LogP contribution in [-0.2, 0) is 12.8 Å². The maximum atomic E-state index is 12.9. The van der Waals surface area contributed by atoms with Crippen LogP contribution in [0.4, 0.5) is 0 Å². The molecule has 1 saturated carbocycles. The smallest absolute Gasteiger partial charge is 0.252 e. The number of hydrogen-bond donors (Lipinski definition) is 1. The third-order valence-electron chi connectivity index (χ3n) is 8.28. The van der Waals surface area contributed by atoms with E-state index < -0.39 is 0 Å². The maximum absolute atomic E-state index is 12.9. The van der Waals surface area contributed by atoms with Crippen LogP contribution in [0.25, 0.3) is 10.9 Å². The number of amides is 1. The van der Waals surface area contributed by atoms with E-state index in [0.717, 1.165) is 59.5 Å². The lowest BCUT2D eigenvalue weighted by Gasteiger charge is -2.29. The van der Waals surface area contributed by atoms with Gasteiger partial charge in [-0.15, -0.1) is 0 Å². The molecule has 4 heteroatoms. The number of benzene rings is 2. The Morgan fingerprint density at radius 3 is 2.49 bits per heavy atom. The van der Waals surface area contributed by atoms with Gasteiger partial charge in [0.05, 0.1) is 17.1 Å². The molecule has 1 heterocycles. The highest BCUT2D eigenvalue weighted by Gasteiger charge is 2.24. The molecule has 0 spiro atoms. The SMILES string of the molecule is N#Cc1ccc2c(c1)CCC(CCCC1CCC(NC(=O)c3cccc4ncccc34)CC1)CC2. The molecule has 3 aromatic rings. The van der Waals surface area contributed by atoms with E-state index in [4.69, 9.17) is 0 Å². The van der Waals surface area contributed by atoms with Crippen molar-refractivity contribution in [3.63, 3.8) is 0 Å². The summed E-state index contributed by atoms with van der Waals surface area (Å²) in [7, 11) is 0. The largest absolute Gasteiger partial charge is 0.349 e. The molecule has 0 saturated heterocycles. The number of aryl methyl sites for hydroxylation is 2. The van der Waals surface area contributed by atoms with Gasteiger partial charge in [0.2, 0.25) is 0 Å². The van der Waals surface area contributed by atoms with Crippen molar-refractivity contribution in [2.75, 3.05) is 0 Å². The Hall–Kier alpha value is -3.19. The first-order valence-corrected chi connectivity index (χ1v) is 13.4. The van der Waals surface area contributed by atoms with Crippen LogP contribution in [0.2, 0.25) is 0 Å². The first-order valence-electron chi connectivity index (χ1n) is 13.4. The molecule has 2 aliphatic carbocycles. The number of fused-ring (bicyclic) bond motifs is 2. The Morgan fingerprint density at radius 1 is 0.914 bits per heavy atom. The summed E-state index contributed by atoms with van der Waals surface area (Å²) < 4.78 is 0. The highest BCUT2D eigenvalue weighted by Crippen LogP contribution is 2.32. The Kier molecular flexibility index (Phi) is 7.42. The van der Waals surface area contributed by atoms with Gasteiger partial charge in [-0.1, -0.05) is 37.5 Å². The molecule has 2 aromatic carbocycles. The average Bonchev–Trinajstić information content (AvgIpc) is 3.11. The van der Waals surface area contributed by atoms with Crippen LogP contribution < -0.4 is 5.32 Å². The molecule has 1 atom stereocenters. The van der Waals surface area contributed by atoms with E-state index >= 15 is 0 Å². The second-order valence-corrected chi connectivity index (χ2v) is 10.5. The second kappa shape index (κ2) is 11.0. The molecule has 0 radical (unpaired) electrons. The zero-order chi connectivity index (χ0) is 24.0. The molecule has 4 nitrogen and oxygen atoms in total. The van der Waals surface area contributed by atoms with Crippen molar-refractivity contribution in [1.82, 2.24) is 10.3 Å². The third-order valence-corrected chi connectivity index (χ3v) is 8.28. The molecule has 1 aromatic heterocycles. The van der Waals surface area contributed by atoms with Gasteiger partial charge in [-0.05, 0) is 105 Å². The number of rotatable bonds is 6. The van der Waals surface area contributed by atoms with Crippen molar-refractivity contribution in [3.05, 3.63) is 77.0 Å². The normalized spacial score (nSPS) is 22.1. The molecular weight excluding hydrogens is 430 g/mol. The molecule has 0 aliphatic heterocycles. The molecule has 1 N–H and O–H groups in total. The van der Waals surface area contributed by atoms with Gasteiger partial charge in [-0.25, -0.2) is 0 Å². The van der Waals surface area contributed by atoms with Gasteiger partial charge >= 0.3 is 0 Å². The Labute approximate surface area is 208 Å². The average molecular weight is 466 g/mol. The van der Waals surface area contributed by atoms with E-state index in [0.29, 0.717) is 0 Å². The first kappa shape index (κ1) is 23.5. The molecule has 2 aliphatic rings. The van der Waals surface area contributed by atoms with E-state index in [1.807, 2.05) is 36.4 Å². The summed E-state index contributed by atoms with van der Waals surface area (Å²) in [5.41, 5.74) is 5.24. The highest BCUT2D eigenvalue weighted by atomic mass is 16.1. The van der Waals surface area contributed by atoms with Crippen LogP contribution in [0.15, 0.2) is 54.7 Å². The molecule has 5 rings (SSSR count). The fraction of sp³-hybridized carbons (Fsp3) is 0.452. The number of nitrogens with zero attached hydrogens (tertiary/aromatic N) is 2. The predicted molar refractivity (Wildman–Crippen MR) is 140 cm³/mol. The molecule has 0 bridgehead atoms. The number of aromatic nitrogens is 1. The van der Waals surface area contributed by atoms with Crippen LogP contribution in [0.3, 0.4) is 0 Å². The fourth-order valence-corrected chi connectivity index (χ4v) is 6.18. The van der Waals surface area contributed by atoms with Gasteiger partial charge in [0.25, 0.3) is 5.91 Å². The maximum Gasteiger partial charge on any atom is 0.252 e. The van der Waals surface area contributed by atoms with Crippen molar-refractivity contribution in [2.45, 2.75) is 76.7 Å². The van der Waals surface area contributed by atoms with E-state index in [1.165, 1.54) is 56.1 Å². The molecule has 1 unspecified atom stereocenters. The zero-order valence-electron chi connectivity index (χ0n) is 20.5. The molecular formula is C31H35N3O. The van der Waals surface area contributed by atoms with Gasteiger partial charge in [-0.3, -0.25) is 9.78 Å². The van der Waals surface area contributed by atoms with Crippen LogP contribution in [0.5, 0.6) is 0 Å². The summed E-state index contributed by atoms with van der Waals surface area (Å²) in [5.74, 6) is 1.63. The Balaban J connectivity index is 1.04. The third kappa shape index (κ3) is 5.73. The van der Waals surface area contributed by atoms with E-state index in [2.05, 4.69) is 28.5 Å². The number of pyridine rings is 1. The fourth-order valence-electron chi connectivity index (χ4n) is 6.18. The van der Waals surface area contributed by atoms with Gasteiger partial charge < -0.3 is 5.32 Å². The number of nitrogens with one attached hydrogen (secondary N) is 1. The minimum absolute atomic E-state index is 0.0308. The zero-order valence-corrected chi connectivity index (χ0v) is 20.5. The van der Waals surface area contributed by atoms with Crippen molar-refractivity contribution in [2.24, 2.45) is 11.8 Å². The summed E-state index contributed by atoms with van der Waals surface area (Å²) in [6, 6.07) is 18.4. The quantitative estimate of drug-likeness (QED) is 0.409. The van der Waals surface area contributed by atoms with E-state index in [1.54, 1.807) is 6.20 Å². The van der Waals surface area contributed by atoms with E-state index in [9.17, 15) is 10.1 Å². The van der Waals surface area contributed by atoms with Crippen LogP contribution in [0.1, 0.15) is 84.8 Å². The highest BCUT2D eigenvalue weighted by molar-refractivity contribution is 6.06. The van der Waals surface area contributed by atoms with Crippen LogP contribution >= 0.6 is 0 Å². The minimum atomic E-state index is 0.0308.